The van der Waals surface area contributed by atoms with Crippen LogP contribution in [0.3, 0.4) is 0 Å². The van der Waals surface area contributed by atoms with Gasteiger partial charge in [-0.15, -0.1) is 0 Å². The Kier molecular flexibility index (Phi) is 5.43. The van der Waals surface area contributed by atoms with Crippen molar-refractivity contribution in [1.82, 2.24) is 0 Å². The van der Waals surface area contributed by atoms with Gasteiger partial charge in [0.1, 0.15) is 5.82 Å². The highest BCUT2D eigenvalue weighted by atomic mass is 19.1. The second kappa shape index (κ2) is 6.61. The number of halogens is 1. The molecule has 16 heavy (non-hydrogen) atoms. The van der Waals surface area contributed by atoms with Crippen molar-refractivity contribution < 1.29 is 14.2 Å². The van der Waals surface area contributed by atoms with Crippen LogP contribution in [-0.4, -0.2) is 24.4 Å². The van der Waals surface area contributed by atoms with Crippen molar-refractivity contribution in [3.8, 4) is 0 Å². The predicted octanol–water partition coefficient (Wildman–Crippen LogP) is 2.46. The van der Waals surface area contributed by atoms with E-state index in [2.05, 4.69) is 0 Å². The molecule has 1 aromatic carbocycles. The zero-order chi connectivity index (χ0) is 12.0. The Bertz CT molecular complexity index is 326. The molecule has 0 spiro atoms. The summed E-state index contributed by atoms with van der Waals surface area (Å²) in [5.74, 6) is -0.262. The topological polar surface area (TPSA) is 29.5 Å². The van der Waals surface area contributed by atoms with Crippen LogP contribution in [0.25, 0.3) is 0 Å². The maximum absolute atomic E-state index is 13.0. The molecule has 0 saturated heterocycles. The lowest BCUT2D eigenvalue weighted by Gasteiger charge is -2.12. The van der Waals surface area contributed by atoms with Gasteiger partial charge in [0.15, 0.2) is 0 Å². The molecular formula is C13H19FO2. The molecule has 2 nitrogen and oxygen atoms in total. The number of aryl methyl sites for hydroxylation is 1. The molecule has 0 aliphatic carbocycles. The van der Waals surface area contributed by atoms with Crippen LogP contribution in [0.1, 0.15) is 24.5 Å². The number of rotatable bonds is 6. The molecule has 0 fully saturated rings. The molecule has 0 aliphatic heterocycles. The molecule has 0 aromatic heterocycles. The van der Waals surface area contributed by atoms with Crippen LogP contribution in [0.4, 0.5) is 4.39 Å². The van der Waals surface area contributed by atoms with Gasteiger partial charge in [0.05, 0.1) is 12.7 Å². The number of ether oxygens (including phenoxy) is 1. The third-order valence-corrected chi connectivity index (χ3v) is 2.43. The lowest BCUT2D eigenvalue weighted by atomic mass is 10.0. The van der Waals surface area contributed by atoms with Crippen LogP contribution in [-0.2, 0) is 11.2 Å². The van der Waals surface area contributed by atoms with Gasteiger partial charge in [-0.1, -0.05) is 13.0 Å². The molecular weight excluding hydrogens is 207 g/mol. The van der Waals surface area contributed by atoms with Crippen LogP contribution >= 0.6 is 0 Å². The lowest BCUT2D eigenvalue weighted by molar-refractivity contribution is 0.0373. The summed E-state index contributed by atoms with van der Waals surface area (Å²) in [5.41, 5.74) is 1.84. The Morgan fingerprint density at radius 1 is 1.44 bits per heavy atom. The van der Waals surface area contributed by atoms with Gasteiger partial charge >= 0.3 is 0 Å². The first-order valence-electron chi connectivity index (χ1n) is 5.64. The Morgan fingerprint density at radius 2 is 2.19 bits per heavy atom. The standard InChI is InChI=1S/C13H19FO2/c1-3-6-16-9-13(15)8-11-7-12(14)5-4-10(11)2/h4-5,7,13,15H,3,6,8-9H2,1-2H3. The quantitative estimate of drug-likeness (QED) is 0.755. The van der Waals surface area contributed by atoms with Gasteiger partial charge < -0.3 is 9.84 Å². The van der Waals surface area contributed by atoms with Crippen molar-refractivity contribution in [3.63, 3.8) is 0 Å². The van der Waals surface area contributed by atoms with E-state index in [1.165, 1.54) is 12.1 Å². The Hall–Kier alpha value is -0.930. The molecule has 0 heterocycles. The summed E-state index contributed by atoms with van der Waals surface area (Å²) in [6.07, 6.45) is 0.811. The van der Waals surface area contributed by atoms with Gasteiger partial charge in [-0.05, 0) is 36.6 Å². The van der Waals surface area contributed by atoms with E-state index >= 15 is 0 Å². The van der Waals surface area contributed by atoms with Gasteiger partial charge in [-0.2, -0.15) is 0 Å². The van der Waals surface area contributed by atoms with E-state index in [0.29, 0.717) is 19.6 Å². The molecule has 1 unspecified atom stereocenters. The van der Waals surface area contributed by atoms with E-state index in [9.17, 15) is 9.50 Å². The Morgan fingerprint density at radius 3 is 2.88 bits per heavy atom. The lowest BCUT2D eigenvalue weighted by Crippen LogP contribution is -2.19. The van der Waals surface area contributed by atoms with Gasteiger partial charge in [-0.3, -0.25) is 0 Å². The fourth-order valence-electron chi connectivity index (χ4n) is 1.54. The number of benzene rings is 1. The average molecular weight is 226 g/mol. The first-order valence-corrected chi connectivity index (χ1v) is 5.64. The molecule has 0 amide bonds. The number of hydrogen-bond acceptors (Lipinski definition) is 2. The van der Waals surface area contributed by atoms with Crippen LogP contribution < -0.4 is 0 Å². The van der Waals surface area contributed by atoms with Gasteiger partial charge in [0.2, 0.25) is 0 Å². The maximum atomic E-state index is 13.0. The van der Waals surface area contributed by atoms with Crippen molar-refractivity contribution >= 4 is 0 Å². The van der Waals surface area contributed by atoms with Crippen LogP contribution in [0.2, 0.25) is 0 Å². The second-order valence-corrected chi connectivity index (χ2v) is 4.00. The van der Waals surface area contributed by atoms with Crippen molar-refractivity contribution in [2.24, 2.45) is 0 Å². The largest absolute Gasteiger partial charge is 0.390 e. The first kappa shape index (κ1) is 13.1. The highest BCUT2D eigenvalue weighted by Gasteiger charge is 2.08. The van der Waals surface area contributed by atoms with Gasteiger partial charge in [0, 0.05) is 13.0 Å². The monoisotopic (exact) mass is 226 g/mol. The number of aliphatic hydroxyl groups excluding tert-OH is 1. The van der Waals surface area contributed by atoms with E-state index < -0.39 is 6.10 Å². The third kappa shape index (κ3) is 4.29. The Balaban J connectivity index is 2.48. The number of hydrogen-bond donors (Lipinski definition) is 1. The molecule has 0 radical (unpaired) electrons. The molecule has 0 saturated carbocycles. The molecule has 1 N–H and O–H groups in total. The average Bonchev–Trinajstić information content (AvgIpc) is 2.24. The van der Waals surface area contributed by atoms with E-state index in [1.807, 2.05) is 13.8 Å². The van der Waals surface area contributed by atoms with E-state index in [1.54, 1.807) is 6.07 Å². The van der Waals surface area contributed by atoms with Gasteiger partial charge in [0.25, 0.3) is 0 Å². The predicted molar refractivity (Wildman–Crippen MR) is 62.0 cm³/mol. The summed E-state index contributed by atoms with van der Waals surface area (Å²) < 4.78 is 18.2. The molecule has 0 bridgehead atoms. The molecule has 1 rings (SSSR count). The second-order valence-electron chi connectivity index (χ2n) is 4.00. The van der Waals surface area contributed by atoms with Crippen LogP contribution in [0.5, 0.6) is 0 Å². The molecule has 90 valence electrons. The third-order valence-electron chi connectivity index (χ3n) is 2.43. The van der Waals surface area contributed by atoms with Crippen molar-refractivity contribution in [3.05, 3.63) is 35.1 Å². The summed E-state index contributed by atoms with van der Waals surface area (Å²) in [4.78, 5) is 0. The van der Waals surface area contributed by atoms with Crippen LogP contribution in [0, 0.1) is 12.7 Å². The zero-order valence-corrected chi connectivity index (χ0v) is 9.87. The van der Waals surface area contributed by atoms with E-state index in [0.717, 1.165) is 17.5 Å². The minimum absolute atomic E-state index is 0.262. The smallest absolute Gasteiger partial charge is 0.123 e. The SMILES string of the molecule is CCCOCC(O)Cc1cc(F)ccc1C. The van der Waals surface area contributed by atoms with Crippen molar-refractivity contribution in [1.29, 1.82) is 0 Å². The summed E-state index contributed by atoms with van der Waals surface area (Å²) in [5, 5.41) is 9.70. The van der Waals surface area contributed by atoms with Gasteiger partial charge in [-0.25, -0.2) is 4.39 Å². The van der Waals surface area contributed by atoms with Crippen molar-refractivity contribution in [2.45, 2.75) is 32.8 Å². The summed E-state index contributed by atoms with van der Waals surface area (Å²) in [6.45, 7) is 4.89. The molecule has 3 heteroatoms. The molecule has 1 aromatic rings. The number of aliphatic hydroxyl groups is 1. The zero-order valence-electron chi connectivity index (χ0n) is 9.87. The normalized spacial score (nSPS) is 12.8. The first-order chi connectivity index (χ1) is 7.63. The fourth-order valence-corrected chi connectivity index (χ4v) is 1.54. The summed E-state index contributed by atoms with van der Waals surface area (Å²) in [6, 6.07) is 4.63. The highest BCUT2D eigenvalue weighted by Crippen LogP contribution is 2.12. The summed E-state index contributed by atoms with van der Waals surface area (Å²) >= 11 is 0. The highest BCUT2D eigenvalue weighted by molar-refractivity contribution is 5.27. The van der Waals surface area contributed by atoms with E-state index in [-0.39, 0.29) is 5.82 Å². The van der Waals surface area contributed by atoms with Crippen LogP contribution in [0.15, 0.2) is 18.2 Å². The van der Waals surface area contributed by atoms with Crippen molar-refractivity contribution in [2.75, 3.05) is 13.2 Å². The molecule has 1 atom stereocenters. The molecule has 0 aliphatic rings. The minimum atomic E-state index is -0.563. The summed E-state index contributed by atoms with van der Waals surface area (Å²) in [7, 11) is 0. The van der Waals surface area contributed by atoms with E-state index in [4.69, 9.17) is 4.74 Å². The Labute approximate surface area is 96.1 Å². The fraction of sp³-hybridized carbons (Fsp3) is 0.538. The maximum Gasteiger partial charge on any atom is 0.123 e. The minimum Gasteiger partial charge on any atom is -0.390 e.